The number of fused-ring (bicyclic) bond motifs is 2. The third-order valence-electron chi connectivity index (χ3n) is 7.95. The third kappa shape index (κ3) is 4.01. The molecule has 9 heteroatoms. The molecule has 4 aromatic rings. The number of carboxylic acids is 1. The average molecular weight is 504 g/mol. The number of carboxylic acid groups (broad SMARTS) is 1. The van der Waals surface area contributed by atoms with Gasteiger partial charge in [0.15, 0.2) is 17.2 Å². The molecule has 0 spiro atoms. The van der Waals surface area contributed by atoms with Gasteiger partial charge >= 0.3 is 5.97 Å². The van der Waals surface area contributed by atoms with Crippen molar-refractivity contribution in [2.75, 3.05) is 7.11 Å². The maximum atomic E-state index is 14.4. The van der Waals surface area contributed by atoms with Gasteiger partial charge in [0.1, 0.15) is 0 Å². The molecule has 192 valence electrons. The van der Waals surface area contributed by atoms with E-state index in [-0.39, 0.29) is 18.1 Å². The third-order valence-corrected chi connectivity index (χ3v) is 7.95. The number of aromatic amines is 1. The van der Waals surface area contributed by atoms with Crippen molar-refractivity contribution in [1.29, 1.82) is 5.26 Å². The summed E-state index contributed by atoms with van der Waals surface area (Å²) in [5.74, 6) is -1.05. The maximum absolute atomic E-state index is 14.4. The minimum Gasteiger partial charge on any atom is -0.494 e. The first-order valence-electron chi connectivity index (χ1n) is 12.4. The number of nitrogens with zero attached hydrogens (tertiary/aromatic N) is 4. The molecular formula is C28H30FN5O3. The lowest BCUT2D eigenvalue weighted by Crippen LogP contribution is -2.32. The molecule has 2 N–H and O–H groups in total. The van der Waals surface area contributed by atoms with E-state index in [1.807, 2.05) is 26.8 Å². The lowest BCUT2D eigenvalue weighted by atomic mass is 9.68. The van der Waals surface area contributed by atoms with Gasteiger partial charge in [-0.25, -0.2) is 9.37 Å². The number of hydrogen-bond donors (Lipinski definition) is 2. The van der Waals surface area contributed by atoms with Crippen LogP contribution in [0, 0.1) is 22.6 Å². The first kappa shape index (κ1) is 24.8. The molecule has 0 bridgehead atoms. The van der Waals surface area contributed by atoms with Crippen LogP contribution in [0.25, 0.3) is 27.8 Å². The smallest absolute Gasteiger partial charge is 0.309 e. The van der Waals surface area contributed by atoms with E-state index >= 15 is 0 Å². The number of pyridine rings is 1. The Hall–Kier alpha value is -3.93. The van der Waals surface area contributed by atoms with Crippen molar-refractivity contribution in [2.45, 2.75) is 64.2 Å². The van der Waals surface area contributed by atoms with E-state index in [9.17, 15) is 19.6 Å². The zero-order valence-corrected chi connectivity index (χ0v) is 21.4. The van der Waals surface area contributed by atoms with E-state index in [2.05, 4.69) is 20.8 Å². The molecule has 3 heterocycles. The van der Waals surface area contributed by atoms with Crippen LogP contribution in [-0.2, 0) is 10.2 Å². The number of carbonyl (C=O) groups is 1. The highest BCUT2D eigenvalue weighted by molar-refractivity contribution is 5.94. The van der Waals surface area contributed by atoms with Crippen LogP contribution < -0.4 is 4.74 Å². The normalized spacial score (nSPS) is 20.3. The summed E-state index contributed by atoms with van der Waals surface area (Å²) in [5, 5.41) is 27.5. The predicted molar refractivity (Wildman–Crippen MR) is 137 cm³/mol. The standard InChI is InChI=1S/C28H30FN5O3/c1-27(2,11-12-30)24-22(16-7-9-28(3,10-8-16)26(35)36)23-20(13-17-15-31-33-25(17)32-23)34(24)18-5-6-19(29)21(14-18)37-4/h5-6,13-16H,7-11H2,1-4H3,(H,35,36)(H,31,32,33)/t16-,28-. The number of rotatable bonds is 6. The molecule has 1 aliphatic carbocycles. The Balaban J connectivity index is 1.83. The summed E-state index contributed by atoms with van der Waals surface area (Å²) in [6.45, 7) is 5.87. The van der Waals surface area contributed by atoms with E-state index in [0.29, 0.717) is 37.0 Å². The zero-order valence-electron chi connectivity index (χ0n) is 21.4. The molecule has 5 rings (SSSR count). The van der Waals surface area contributed by atoms with Gasteiger partial charge in [-0.15, -0.1) is 0 Å². The summed E-state index contributed by atoms with van der Waals surface area (Å²) in [7, 11) is 1.43. The van der Waals surface area contributed by atoms with Crippen LogP contribution in [0.3, 0.4) is 0 Å². The molecule has 1 fully saturated rings. The number of aliphatic carboxylic acids is 1. The van der Waals surface area contributed by atoms with Gasteiger partial charge in [-0.1, -0.05) is 13.8 Å². The second-order valence-electron chi connectivity index (χ2n) is 10.9. The van der Waals surface area contributed by atoms with Crippen LogP contribution in [0.4, 0.5) is 4.39 Å². The Morgan fingerprint density at radius 1 is 1.35 bits per heavy atom. The number of methoxy groups -OCH3 is 1. The van der Waals surface area contributed by atoms with E-state index < -0.39 is 22.6 Å². The number of benzene rings is 1. The van der Waals surface area contributed by atoms with Crippen LogP contribution in [-0.4, -0.2) is 37.9 Å². The Kier molecular flexibility index (Phi) is 5.94. The maximum Gasteiger partial charge on any atom is 0.309 e. The van der Waals surface area contributed by atoms with Gasteiger partial charge in [0.05, 0.1) is 35.8 Å². The molecule has 0 amide bonds. The average Bonchev–Trinajstić information content (AvgIpc) is 3.45. The van der Waals surface area contributed by atoms with Crippen LogP contribution in [0.5, 0.6) is 5.75 Å². The van der Waals surface area contributed by atoms with Crippen molar-refractivity contribution in [3.63, 3.8) is 0 Å². The van der Waals surface area contributed by atoms with E-state index in [0.717, 1.165) is 27.7 Å². The summed E-state index contributed by atoms with van der Waals surface area (Å²) in [6.07, 6.45) is 4.44. The van der Waals surface area contributed by atoms with Crippen molar-refractivity contribution in [1.82, 2.24) is 19.7 Å². The van der Waals surface area contributed by atoms with Crippen LogP contribution in [0.15, 0.2) is 30.5 Å². The lowest BCUT2D eigenvalue weighted by Gasteiger charge is -2.36. The SMILES string of the molecule is COc1cc(-n2c(C(C)(C)CC#N)c([C@H]3CC[C@](C)(C(=O)O)CC3)c3nc4[nH]ncc4cc32)ccc1F. The zero-order chi connectivity index (χ0) is 26.5. The topological polar surface area (TPSA) is 117 Å². The van der Waals surface area contributed by atoms with Gasteiger partial charge in [-0.2, -0.15) is 10.4 Å². The van der Waals surface area contributed by atoms with Crippen molar-refractivity contribution < 1.29 is 19.0 Å². The molecular weight excluding hydrogens is 473 g/mol. The number of hydrogen-bond acceptors (Lipinski definition) is 5. The molecule has 8 nitrogen and oxygen atoms in total. The Morgan fingerprint density at radius 2 is 2.08 bits per heavy atom. The molecule has 1 aromatic carbocycles. The van der Waals surface area contributed by atoms with Gasteiger partial charge in [0.25, 0.3) is 0 Å². The summed E-state index contributed by atoms with van der Waals surface area (Å²) in [4.78, 5) is 16.9. The summed E-state index contributed by atoms with van der Waals surface area (Å²) < 4.78 is 21.8. The highest BCUT2D eigenvalue weighted by Crippen LogP contribution is 2.49. The Labute approximate surface area is 214 Å². The fourth-order valence-electron chi connectivity index (χ4n) is 5.74. The quantitative estimate of drug-likeness (QED) is 0.334. The number of ether oxygens (including phenoxy) is 1. The van der Waals surface area contributed by atoms with Crippen LogP contribution >= 0.6 is 0 Å². The number of nitrogens with one attached hydrogen (secondary N) is 1. The first-order chi connectivity index (χ1) is 17.6. The monoisotopic (exact) mass is 503 g/mol. The largest absolute Gasteiger partial charge is 0.494 e. The van der Waals surface area contributed by atoms with E-state index in [1.54, 1.807) is 18.3 Å². The van der Waals surface area contributed by atoms with Gasteiger partial charge in [0.2, 0.25) is 0 Å². The molecule has 0 aliphatic heterocycles. The minimum atomic E-state index is -0.769. The van der Waals surface area contributed by atoms with E-state index in [1.165, 1.54) is 13.2 Å². The molecule has 37 heavy (non-hydrogen) atoms. The summed E-state index contributed by atoms with van der Waals surface area (Å²) in [6, 6.07) is 9.09. The predicted octanol–water partition coefficient (Wildman–Crippen LogP) is 5.99. The molecule has 1 aliphatic rings. The van der Waals surface area contributed by atoms with Gasteiger partial charge < -0.3 is 14.4 Å². The van der Waals surface area contributed by atoms with E-state index in [4.69, 9.17) is 9.72 Å². The molecule has 0 atom stereocenters. The fraction of sp³-hybridized carbons (Fsp3) is 0.429. The highest BCUT2D eigenvalue weighted by atomic mass is 19.1. The number of nitriles is 1. The lowest BCUT2D eigenvalue weighted by molar-refractivity contribution is -0.149. The minimum absolute atomic E-state index is 0.0550. The fourth-order valence-corrected chi connectivity index (χ4v) is 5.74. The first-order valence-corrected chi connectivity index (χ1v) is 12.4. The van der Waals surface area contributed by atoms with Crippen molar-refractivity contribution in [2.24, 2.45) is 5.41 Å². The van der Waals surface area contributed by atoms with Gasteiger partial charge in [-0.05, 0) is 56.7 Å². The molecule has 3 aromatic heterocycles. The molecule has 0 unspecified atom stereocenters. The van der Waals surface area contributed by atoms with Crippen molar-refractivity contribution >= 4 is 28.0 Å². The van der Waals surface area contributed by atoms with Gasteiger partial charge in [0, 0.05) is 40.2 Å². The summed E-state index contributed by atoms with van der Waals surface area (Å²) in [5.41, 5.74) is 3.56. The second-order valence-corrected chi connectivity index (χ2v) is 10.9. The number of aromatic nitrogens is 4. The molecule has 1 saturated carbocycles. The van der Waals surface area contributed by atoms with Crippen LogP contribution in [0.2, 0.25) is 0 Å². The Bertz CT molecular complexity index is 1550. The number of H-pyrrole nitrogens is 1. The van der Waals surface area contributed by atoms with Crippen LogP contribution in [0.1, 0.15) is 70.1 Å². The van der Waals surface area contributed by atoms with Gasteiger partial charge in [-0.3, -0.25) is 9.89 Å². The summed E-state index contributed by atoms with van der Waals surface area (Å²) >= 11 is 0. The van der Waals surface area contributed by atoms with Crippen molar-refractivity contribution in [3.8, 4) is 17.5 Å². The Morgan fingerprint density at radius 3 is 2.73 bits per heavy atom. The molecule has 0 radical (unpaired) electrons. The van der Waals surface area contributed by atoms with Crippen molar-refractivity contribution in [3.05, 3.63) is 47.5 Å². The second kappa shape index (κ2) is 8.87. The highest BCUT2D eigenvalue weighted by Gasteiger charge is 2.41. The molecule has 0 saturated heterocycles. The number of halogens is 1.